The molecule has 0 spiro atoms. The van der Waals surface area contributed by atoms with E-state index < -0.39 is 97.5 Å². The van der Waals surface area contributed by atoms with Crippen molar-refractivity contribution in [3.05, 3.63) is 24.3 Å². The molecular formula is C83H158O17P2. The van der Waals surface area contributed by atoms with Gasteiger partial charge >= 0.3 is 39.5 Å². The van der Waals surface area contributed by atoms with Crippen molar-refractivity contribution in [1.29, 1.82) is 0 Å². The number of hydrogen-bond donors (Lipinski definition) is 3. The molecule has 102 heavy (non-hydrogen) atoms. The van der Waals surface area contributed by atoms with Crippen molar-refractivity contribution in [2.24, 2.45) is 5.92 Å². The van der Waals surface area contributed by atoms with Gasteiger partial charge in [0.05, 0.1) is 26.4 Å². The molecule has 0 heterocycles. The number of carbonyl (C=O) groups excluding carboxylic acids is 4. The van der Waals surface area contributed by atoms with Gasteiger partial charge in [-0.2, -0.15) is 0 Å². The van der Waals surface area contributed by atoms with E-state index in [9.17, 15) is 43.2 Å². The topological polar surface area (TPSA) is 237 Å². The molecule has 0 rings (SSSR count). The molecule has 0 fully saturated rings. The summed E-state index contributed by atoms with van der Waals surface area (Å²) in [6, 6.07) is 0. The second-order valence-electron chi connectivity index (χ2n) is 29.7. The predicted octanol–water partition coefficient (Wildman–Crippen LogP) is 24.8. The van der Waals surface area contributed by atoms with E-state index in [-0.39, 0.29) is 25.7 Å². The number of unbranched alkanes of at least 4 members (excludes halogenated alkanes) is 50. The number of hydrogen-bond acceptors (Lipinski definition) is 15. The molecule has 0 radical (unpaired) electrons. The van der Waals surface area contributed by atoms with Crippen molar-refractivity contribution in [2.45, 2.75) is 438 Å². The number of esters is 4. The van der Waals surface area contributed by atoms with E-state index in [1.165, 1.54) is 225 Å². The predicted molar refractivity (Wildman–Crippen MR) is 418 cm³/mol. The summed E-state index contributed by atoms with van der Waals surface area (Å²) in [5.74, 6) is -1.41. The van der Waals surface area contributed by atoms with Gasteiger partial charge in [-0.15, -0.1) is 0 Å². The monoisotopic (exact) mass is 1490 g/mol. The Balaban J connectivity index is 5.26. The lowest BCUT2D eigenvalue weighted by molar-refractivity contribution is -0.161. The second kappa shape index (κ2) is 75.4. The van der Waals surface area contributed by atoms with E-state index in [0.717, 1.165) is 115 Å². The summed E-state index contributed by atoms with van der Waals surface area (Å²) < 4.78 is 68.7. The number of phosphoric ester groups is 2. The zero-order valence-corrected chi connectivity index (χ0v) is 68.0. The summed E-state index contributed by atoms with van der Waals surface area (Å²) >= 11 is 0. The Morgan fingerprint density at radius 3 is 0.804 bits per heavy atom. The van der Waals surface area contributed by atoms with Gasteiger partial charge in [0, 0.05) is 25.7 Å². The molecule has 0 aliphatic carbocycles. The number of carbonyl (C=O) groups is 4. The highest BCUT2D eigenvalue weighted by atomic mass is 31.2. The molecule has 3 N–H and O–H groups in total. The van der Waals surface area contributed by atoms with Gasteiger partial charge < -0.3 is 33.8 Å². The number of rotatable bonds is 81. The molecule has 17 nitrogen and oxygen atoms in total. The lowest BCUT2D eigenvalue weighted by Crippen LogP contribution is -2.30. The van der Waals surface area contributed by atoms with Crippen LogP contribution in [0.4, 0.5) is 0 Å². The first-order chi connectivity index (χ1) is 49.5. The normalized spacial score (nSPS) is 14.0. The Morgan fingerprint density at radius 2 is 0.529 bits per heavy atom. The molecule has 0 saturated carbocycles. The first-order valence-corrected chi connectivity index (χ1v) is 45.4. The minimum absolute atomic E-state index is 0.102. The molecule has 19 heteroatoms. The second-order valence-corrected chi connectivity index (χ2v) is 32.6. The standard InChI is InChI=1S/C83H158O17P2/c1-6-9-12-15-18-21-24-27-30-31-32-33-34-35-38-41-44-47-54-59-64-69-82(87)99-78(72-93-80(85)66-61-56-51-45-42-39-36-28-25-22-19-16-13-10-7-2)74-97-101(89,90)95-70-77(84)71-96-102(91,92)98-75-79(73-94-81(86)67-62-57-52-49-48-50-55-60-65-76(4)5)100-83(88)68-63-58-53-46-43-40-37-29-26-23-20-17-14-11-8-3/h22,25,28,36,76-79,84H,6-21,23-24,26-27,29-35,37-75H2,1-5H3,(H,89,90)(H,91,92)/b25-22-,36-28-/t77-,78-,79-/m1/s1. The van der Waals surface area contributed by atoms with Crippen LogP contribution in [0.25, 0.3) is 0 Å². The quantitative estimate of drug-likeness (QED) is 0.0169. The maximum Gasteiger partial charge on any atom is 0.472 e. The maximum atomic E-state index is 13.1. The van der Waals surface area contributed by atoms with Crippen LogP contribution in [-0.2, 0) is 65.4 Å². The van der Waals surface area contributed by atoms with Crippen LogP contribution in [0.5, 0.6) is 0 Å². The lowest BCUT2D eigenvalue weighted by Gasteiger charge is -2.21. The molecular weight excluding hydrogens is 1330 g/mol. The largest absolute Gasteiger partial charge is 0.472 e. The van der Waals surface area contributed by atoms with Crippen molar-refractivity contribution < 1.29 is 80.2 Å². The van der Waals surface area contributed by atoms with Crippen molar-refractivity contribution in [1.82, 2.24) is 0 Å². The van der Waals surface area contributed by atoms with Gasteiger partial charge in [0.1, 0.15) is 19.3 Å². The molecule has 0 aliphatic heterocycles. The summed E-state index contributed by atoms with van der Waals surface area (Å²) in [6.07, 6.45) is 70.3. The van der Waals surface area contributed by atoms with E-state index in [4.69, 9.17) is 37.0 Å². The highest BCUT2D eigenvalue weighted by Crippen LogP contribution is 2.45. The first-order valence-electron chi connectivity index (χ1n) is 42.5. The van der Waals surface area contributed by atoms with Crippen LogP contribution in [0, 0.1) is 5.92 Å². The van der Waals surface area contributed by atoms with Crippen LogP contribution in [0.1, 0.15) is 420 Å². The Morgan fingerprint density at radius 1 is 0.304 bits per heavy atom. The van der Waals surface area contributed by atoms with E-state index in [1.807, 2.05) is 0 Å². The minimum Gasteiger partial charge on any atom is -0.462 e. The van der Waals surface area contributed by atoms with Gasteiger partial charge in [0.2, 0.25) is 0 Å². The summed E-state index contributed by atoms with van der Waals surface area (Å²) in [4.78, 5) is 73.1. The average Bonchev–Trinajstić information content (AvgIpc) is 0.930. The number of aliphatic hydroxyl groups excluding tert-OH is 1. The Kier molecular flexibility index (Phi) is 73.5. The fourth-order valence-electron chi connectivity index (χ4n) is 12.4. The minimum atomic E-state index is -4.97. The van der Waals surface area contributed by atoms with Gasteiger partial charge in [-0.3, -0.25) is 37.3 Å². The zero-order chi connectivity index (χ0) is 74.8. The van der Waals surface area contributed by atoms with Crippen LogP contribution in [-0.4, -0.2) is 96.7 Å². The molecule has 0 aromatic rings. The van der Waals surface area contributed by atoms with Crippen molar-refractivity contribution in [3.8, 4) is 0 Å². The third-order valence-corrected chi connectivity index (χ3v) is 20.8. The van der Waals surface area contributed by atoms with Gasteiger partial charge in [-0.1, -0.05) is 367 Å². The molecule has 0 saturated heterocycles. The highest BCUT2D eigenvalue weighted by Gasteiger charge is 2.30. The van der Waals surface area contributed by atoms with Crippen molar-refractivity contribution >= 4 is 39.5 Å². The van der Waals surface area contributed by atoms with Crippen molar-refractivity contribution in [3.63, 3.8) is 0 Å². The van der Waals surface area contributed by atoms with Crippen LogP contribution < -0.4 is 0 Å². The molecule has 0 aromatic heterocycles. The maximum absolute atomic E-state index is 13.1. The zero-order valence-electron chi connectivity index (χ0n) is 66.2. The van der Waals surface area contributed by atoms with E-state index >= 15 is 0 Å². The smallest absolute Gasteiger partial charge is 0.462 e. The third kappa shape index (κ3) is 75.8. The van der Waals surface area contributed by atoms with Gasteiger partial charge in [-0.25, -0.2) is 9.13 Å². The fourth-order valence-corrected chi connectivity index (χ4v) is 14.0. The molecule has 0 amide bonds. The molecule has 0 bridgehead atoms. The third-order valence-electron chi connectivity index (χ3n) is 18.9. The van der Waals surface area contributed by atoms with Crippen LogP contribution in [0.2, 0.25) is 0 Å². The number of ether oxygens (including phenoxy) is 4. The van der Waals surface area contributed by atoms with Crippen LogP contribution in [0.3, 0.4) is 0 Å². The van der Waals surface area contributed by atoms with Gasteiger partial charge in [0.15, 0.2) is 12.2 Å². The number of allylic oxidation sites excluding steroid dienone is 4. The Hall–Kier alpha value is -2.46. The van der Waals surface area contributed by atoms with E-state index in [0.29, 0.717) is 25.7 Å². The molecule has 5 atom stereocenters. The number of phosphoric acid groups is 2. The van der Waals surface area contributed by atoms with Crippen molar-refractivity contribution in [2.75, 3.05) is 39.6 Å². The molecule has 602 valence electrons. The van der Waals surface area contributed by atoms with Crippen LogP contribution in [0.15, 0.2) is 24.3 Å². The summed E-state index contributed by atoms with van der Waals surface area (Å²) in [7, 11) is -9.93. The first kappa shape index (κ1) is 99.5. The van der Waals surface area contributed by atoms with Gasteiger partial charge in [-0.05, 0) is 57.3 Å². The van der Waals surface area contributed by atoms with Crippen LogP contribution >= 0.6 is 15.6 Å². The Labute approximate surface area is 624 Å². The lowest BCUT2D eigenvalue weighted by atomic mass is 10.0. The van der Waals surface area contributed by atoms with Gasteiger partial charge in [0.25, 0.3) is 0 Å². The summed E-state index contributed by atoms with van der Waals surface area (Å²) in [5, 5.41) is 10.6. The fraction of sp³-hybridized carbons (Fsp3) is 0.904. The van der Waals surface area contributed by atoms with E-state index in [2.05, 4.69) is 58.9 Å². The molecule has 2 unspecified atom stereocenters. The molecule has 0 aliphatic rings. The summed E-state index contributed by atoms with van der Waals surface area (Å²) in [5.41, 5.74) is 0. The average molecular weight is 1490 g/mol. The SMILES string of the molecule is CCCCCC/C=C\C=C/CCCCCCCC(=O)OC[C@H](COP(=O)(O)OC[C@@H](O)COP(=O)(O)OC[C@@H](COC(=O)CCCCCCCCCCC(C)C)OC(=O)CCCCCCCCCCCCCCCCC)OC(=O)CCCCCCCCCCCCCCCCCCCCCCC. The Bertz CT molecular complexity index is 2040. The number of aliphatic hydroxyl groups is 1. The highest BCUT2D eigenvalue weighted by molar-refractivity contribution is 7.47. The van der Waals surface area contributed by atoms with E-state index in [1.54, 1.807) is 0 Å². The molecule has 0 aromatic carbocycles. The summed E-state index contributed by atoms with van der Waals surface area (Å²) in [6.45, 7) is 7.24.